The van der Waals surface area contributed by atoms with Gasteiger partial charge in [0.25, 0.3) is 0 Å². The molecule has 0 spiro atoms. The fraction of sp³-hybridized carbons (Fsp3) is 0.889. The Morgan fingerprint density at radius 3 is 2.43 bits per heavy atom. The first kappa shape index (κ1) is 13.3. The van der Waals surface area contributed by atoms with Gasteiger partial charge in [0.15, 0.2) is 0 Å². The number of carbonyl (C=O) groups is 1. The van der Waals surface area contributed by atoms with Gasteiger partial charge in [-0.1, -0.05) is 6.92 Å². The van der Waals surface area contributed by atoms with E-state index in [-0.39, 0.29) is 12.3 Å². The maximum Gasteiger partial charge on any atom is 0.341 e. The molecule has 0 bridgehead atoms. The van der Waals surface area contributed by atoms with Crippen LogP contribution in [0.1, 0.15) is 26.2 Å². The molecule has 0 aromatic carbocycles. The van der Waals surface area contributed by atoms with Gasteiger partial charge in [0.1, 0.15) is 6.17 Å². The Labute approximate surface area is 81.1 Å². The van der Waals surface area contributed by atoms with Crippen LogP contribution in [0.3, 0.4) is 0 Å². The van der Waals surface area contributed by atoms with Gasteiger partial charge in [-0.25, -0.2) is 13.6 Å². The first-order valence-electron chi connectivity index (χ1n) is 4.56. The maximum absolute atomic E-state index is 12.9. The fourth-order valence-corrected chi connectivity index (χ4v) is 1.20. The van der Waals surface area contributed by atoms with Crippen LogP contribution in [0.15, 0.2) is 0 Å². The molecule has 14 heavy (non-hydrogen) atoms. The Morgan fingerprint density at radius 1 is 1.43 bits per heavy atom. The van der Waals surface area contributed by atoms with Gasteiger partial charge in [0.05, 0.1) is 6.67 Å². The molecule has 3 unspecified atom stereocenters. The molecule has 0 aromatic heterocycles. The van der Waals surface area contributed by atoms with Crippen molar-refractivity contribution in [1.82, 2.24) is 0 Å². The van der Waals surface area contributed by atoms with E-state index in [2.05, 4.69) is 0 Å². The highest BCUT2D eigenvalue weighted by molar-refractivity contribution is 5.72. The Hall–Kier alpha value is -0.740. The van der Waals surface area contributed by atoms with Crippen molar-refractivity contribution in [3.8, 4) is 0 Å². The molecule has 0 fully saturated rings. The quantitative estimate of drug-likeness (QED) is 0.704. The van der Waals surface area contributed by atoms with E-state index in [1.165, 1.54) is 0 Å². The first-order chi connectivity index (χ1) is 6.49. The minimum absolute atomic E-state index is 0.173. The monoisotopic (exact) mass is 212 g/mol. The van der Waals surface area contributed by atoms with Crippen LogP contribution in [-0.2, 0) is 4.79 Å². The second-order valence-electron chi connectivity index (χ2n) is 3.43. The highest BCUT2D eigenvalue weighted by Gasteiger charge is 2.28. The second kappa shape index (κ2) is 6.68. The minimum Gasteiger partial charge on any atom is -0.479 e. The van der Waals surface area contributed by atoms with Gasteiger partial charge < -0.3 is 5.11 Å². The summed E-state index contributed by atoms with van der Waals surface area (Å²) in [6, 6.07) is 0. The van der Waals surface area contributed by atoms with Crippen LogP contribution in [0, 0.1) is 5.92 Å². The summed E-state index contributed by atoms with van der Waals surface area (Å²) in [6.45, 7) is 1.16. The summed E-state index contributed by atoms with van der Waals surface area (Å²) in [4.78, 5) is 10.1. The molecule has 0 aliphatic carbocycles. The van der Waals surface area contributed by atoms with Crippen LogP contribution in [0.25, 0.3) is 0 Å². The molecular weight excluding hydrogens is 197 g/mol. The molecule has 0 heterocycles. The van der Waals surface area contributed by atoms with Crippen LogP contribution >= 0.6 is 0 Å². The van der Waals surface area contributed by atoms with Crippen molar-refractivity contribution in [2.45, 2.75) is 38.5 Å². The molecule has 0 saturated carbocycles. The van der Waals surface area contributed by atoms with Gasteiger partial charge in [-0.2, -0.15) is 0 Å². The maximum atomic E-state index is 12.9. The third-order valence-electron chi connectivity index (χ3n) is 2.01. The fourth-order valence-electron chi connectivity index (χ4n) is 1.20. The number of rotatable bonds is 7. The van der Waals surface area contributed by atoms with E-state index < -0.39 is 25.0 Å². The normalized spacial score (nSPS) is 17.4. The van der Waals surface area contributed by atoms with Crippen LogP contribution in [-0.4, -0.2) is 30.1 Å². The summed E-state index contributed by atoms with van der Waals surface area (Å²) in [5.74, 6) is -1.98. The predicted molar refractivity (Wildman–Crippen MR) is 46.4 cm³/mol. The molecule has 0 aliphatic heterocycles. The van der Waals surface area contributed by atoms with Crippen molar-refractivity contribution in [3.63, 3.8) is 0 Å². The lowest BCUT2D eigenvalue weighted by atomic mass is 9.97. The number of carboxylic acid groups (broad SMARTS) is 1. The molecule has 0 rings (SSSR count). The van der Waals surface area contributed by atoms with Crippen LogP contribution < -0.4 is 0 Å². The SMILES string of the molecule is CC(CCCF)CC(F)C(F)C(=O)O. The molecule has 3 atom stereocenters. The number of aliphatic carboxylic acids is 1. The molecule has 2 nitrogen and oxygen atoms in total. The zero-order valence-corrected chi connectivity index (χ0v) is 8.05. The first-order valence-corrected chi connectivity index (χ1v) is 4.56. The summed E-state index contributed by atoms with van der Waals surface area (Å²) >= 11 is 0. The number of hydrogen-bond donors (Lipinski definition) is 1. The number of hydrogen-bond acceptors (Lipinski definition) is 1. The Balaban J connectivity index is 3.80. The highest BCUT2D eigenvalue weighted by Crippen LogP contribution is 2.18. The van der Waals surface area contributed by atoms with Crippen molar-refractivity contribution < 1.29 is 23.1 Å². The number of halogens is 3. The number of alkyl halides is 3. The average Bonchev–Trinajstić information content (AvgIpc) is 2.13. The average molecular weight is 212 g/mol. The van der Waals surface area contributed by atoms with E-state index >= 15 is 0 Å². The molecule has 0 aromatic rings. The van der Waals surface area contributed by atoms with Crippen molar-refractivity contribution in [1.29, 1.82) is 0 Å². The summed E-state index contributed by atoms with van der Waals surface area (Å²) < 4.78 is 37.1. The topological polar surface area (TPSA) is 37.3 Å². The minimum atomic E-state index is -2.47. The lowest BCUT2D eigenvalue weighted by Gasteiger charge is -2.14. The molecule has 84 valence electrons. The molecule has 0 amide bonds. The third-order valence-corrected chi connectivity index (χ3v) is 2.01. The molecule has 0 aliphatic rings. The largest absolute Gasteiger partial charge is 0.479 e. The van der Waals surface area contributed by atoms with Gasteiger partial charge in [0, 0.05) is 0 Å². The molecule has 0 radical (unpaired) electrons. The van der Waals surface area contributed by atoms with Crippen molar-refractivity contribution >= 4 is 5.97 Å². The van der Waals surface area contributed by atoms with Gasteiger partial charge in [-0.3, -0.25) is 4.39 Å². The molecule has 1 N–H and O–H groups in total. The van der Waals surface area contributed by atoms with E-state index in [4.69, 9.17) is 5.11 Å². The van der Waals surface area contributed by atoms with Crippen molar-refractivity contribution in [3.05, 3.63) is 0 Å². The Bertz CT molecular complexity index is 175. The standard InChI is InChI=1S/C9H15F3O2/c1-6(3-2-4-10)5-7(11)8(12)9(13)14/h6-8H,2-5H2,1H3,(H,13,14). The zero-order chi connectivity index (χ0) is 11.1. The van der Waals surface area contributed by atoms with E-state index in [1.54, 1.807) is 6.92 Å². The lowest BCUT2D eigenvalue weighted by molar-refractivity contribution is -0.145. The second-order valence-corrected chi connectivity index (χ2v) is 3.43. The summed E-state index contributed by atoms with van der Waals surface area (Å²) in [5.41, 5.74) is 0. The predicted octanol–water partition coefficient (Wildman–Crippen LogP) is 2.52. The molecule has 0 saturated heterocycles. The lowest BCUT2D eigenvalue weighted by Crippen LogP contribution is -2.28. The van der Waals surface area contributed by atoms with Crippen LogP contribution in [0.2, 0.25) is 0 Å². The molecule has 5 heteroatoms. The van der Waals surface area contributed by atoms with Crippen LogP contribution in [0.5, 0.6) is 0 Å². The summed E-state index contributed by atoms with van der Waals surface area (Å²) in [6.07, 6.45) is -3.89. The van der Waals surface area contributed by atoms with E-state index in [0.29, 0.717) is 12.8 Å². The third kappa shape index (κ3) is 5.09. The Morgan fingerprint density at radius 2 is 2.00 bits per heavy atom. The summed E-state index contributed by atoms with van der Waals surface area (Å²) in [7, 11) is 0. The zero-order valence-electron chi connectivity index (χ0n) is 8.05. The van der Waals surface area contributed by atoms with E-state index in [9.17, 15) is 18.0 Å². The van der Waals surface area contributed by atoms with Gasteiger partial charge in [0.2, 0.25) is 6.17 Å². The van der Waals surface area contributed by atoms with Gasteiger partial charge >= 0.3 is 5.97 Å². The smallest absolute Gasteiger partial charge is 0.341 e. The molecular formula is C9H15F3O2. The summed E-state index contributed by atoms with van der Waals surface area (Å²) in [5, 5.41) is 8.17. The number of carboxylic acids is 1. The van der Waals surface area contributed by atoms with E-state index in [0.717, 1.165) is 0 Å². The highest BCUT2D eigenvalue weighted by atomic mass is 19.2. The Kier molecular flexibility index (Phi) is 6.32. The van der Waals surface area contributed by atoms with Crippen molar-refractivity contribution in [2.75, 3.05) is 6.67 Å². The van der Waals surface area contributed by atoms with E-state index in [1.807, 2.05) is 0 Å². The van der Waals surface area contributed by atoms with Gasteiger partial charge in [-0.15, -0.1) is 0 Å². The van der Waals surface area contributed by atoms with Gasteiger partial charge in [-0.05, 0) is 25.2 Å². The van der Waals surface area contributed by atoms with Crippen molar-refractivity contribution in [2.24, 2.45) is 5.92 Å². The van der Waals surface area contributed by atoms with Crippen LogP contribution in [0.4, 0.5) is 13.2 Å².